The molecule has 2 fully saturated rings. The number of piperidine rings is 2. The molecule has 2 aromatic rings. The van der Waals surface area contributed by atoms with Crippen LogP contribution in [0.4, 0.5) is 23.2 Å². The highest BCUT2D eigenvalue weighted by molar-refractivity contribution is 5.47. The van der Waals surface area contributed by atoms with Gasteiger partial charge in [-0.3, -0.25) is 4.90 Å². The van der Waals surface area contributed by atoms with Crippen LogP contribution in [0.25, 0.3) is 0 Å². The third kappa shape index (κ3) is 5.46. The second kappa shape index (κ2) is 9.69. The number of hydrogen-bond donors (Lipinski definition) is 3. The summed E-state index contributed by atoms with van der Waals surface area (Å²) in [7, 11) is 0. The van der Waals surface area contributed by atoms with E-state index < -0.39 is 41.4 Å². The molecule has 2 aromatic carbocycles. The van der Waals surface area contributed by atoms with Gasteiger partial charge in [-0.1, -0.05) is 6.07 Å². The summed E-state index contributed by atoms with van der Waals surface area (Å²) in [6.45, 7) is 1.24. The van der Waals surface area contributed by atoms with Gasteiger partial charge in [0.1, 0.15) is 23.8 Å². The lowest BCUT2D eigenvalue weighted by Crippen LogP contribution is -2.62. The smallest absolute Gasteiger partial charge is 0.194 e. The number of halogens is 4. The van der Waals surface area contributed by atoms with Crippen LogP contribution in [0.3, 0.4) is 0 Å². The molecule has 34 heavy (non-hydrogen) atoms. The summed E-state index contributed by atoms with van der Waals surface area (Å²) in [5.74, 6) is -5.08. The molecule has 0 amide bonds. The average molecular weight is 484 g/mol. The van der Waals surface area contributed by atoms with Gasteiger partial charge in [0.25, 0.3) is 0 Å². The molecule has 186 valence electrons. The van der Waals surface area contributed by atoms with Gasteiger partial charge in [0.2, 0.25) is 0 Å². The lowest BCUT2D eigenvalue weighted by molar-refractivity contribution is -0.149. The molecule has 2 saturated heterocycles. The molecule has 2 aliphatic heterocycles. The van der Waals surface area contributed by atoms with Gasteiger partial charge in [0.15, 0.2) is 17.5 Å². The van der Waals surface area contributed by atoms with Gasteiger partial charge in [0, 0.05) is 50.5 Å². The minimum Gasteiger partial charge on any atom is -0.490 e. The molecular weight excluding hydrogens is 456 g/mol. The molecule has 0 spiro atoms. The van der Waals surface area contributed by atoms with E-state index in [1.807, 2.05) is 15.9 Å². The van der Waals surface area contributed by atoms with Crippen LogP contribution in [0, 0.1) is 23.3 Å². The highest BCUT2D eigenvalue weighted by Crippen LogP contribution is 2.31. The van der Waals surface area contributed by atoms with Gasteiger partial charge in [-0.25, -0.2) is 17.6 Å². The number of anilines is 1. The Hall–Kier alpha value is -2.40. The van der Waals surface area contributed by atoms with Crippen molar-refractivity contribution in [2.75, 3.05) is 44.2 Å². The van der Waals surface area contributed by atoms with Crippen LogP contribution in [0.5, 0.6) is 5.75 Å². The Balaban J connectivity index is 1.35. The van der Waals surface area contributed by atoms with Crippen molar-refractivity contribution in [2.24, 2.45) is 0 Å². The first-order valence-corrected chi connectivity index (χ1v) is 11.2. The molecule has 4 rings (SSSR count). The van der Waals surface area contributed by atoms with E-state index in [4.69, 9.17) is 4.74 Å². The molecule has 6 nitrogen and oxygen atoms in total. The normalized spacial score (nSPS) is 25.4. The van der Waals surface area contributed by atoms with Crippen molar-refractivity contribution in [2.45, 2.75) is 36.6 Å². The SMILES string of the molecule is O[C@H]1CCN(CC2(O)CCN(c3cccc(F)c3)CC2)C[C@]1(O)COc1cc(F)c(F)c(F)c1. The van der Waals surface area contributed by atoms with Gasteiger partial charge in [-0.2, -0.15) is 0 Å². The van der Waals surface area contributed by atoms with Crippen molar-refractivity contribution in [3.63, 3.8) is 0 Å². The number of β-amino-alcohol motifs (C(OH)–C–C–N with tert-alkyl or cyclic N) is 2. The average Bonchev–Trinajstić information content (AvgIpc) is 2.79. The first-order valence-electron chi connectivity index (χ1n) is 11.2. The van der Waals surface area contributed by atoms with Crippen molar-refractivity contribution < 1.29 is 37.6 Å². The summed E-state index contributed by atoms with van der Waals surface area (Å²) in [6.07, 6.45) is -0.0715. The Bertz CT molecular complexity index is 995. The number of ether oxygens (including phenoxy) is 1. The van der Waals surface area contributed by atoms with E-state index in [0.29, 0.717) is 44.6 Å². The number of likely N-dealkylation sites (tertiary alicyclic amines) is 1. The fourth-order valence-electron chi connectivity index (χ4n) is 4.67. The topological polar surface area (TPSA) is 76.4 Å². The van der Waals surface area contributed by atoms with E-state index in [-0.39, 0.29) is 31.1 Å². The molecular formula is C24H28F4N2O4. The van der Waals surface area contributed by atoms with Gasteiger partial charge in [-0.05, 0) is 37.5 Å². The molecule has 2 aliphatic rings. The predicted molar refractivity (Wildman–Crippen MR) is 117 cm³/mol. The van der Waals surface area contributed by atoms with Crippen LogP contribution in [0.2, 0.25) is 0 Å². The van der Waals surface area contributed by atoms with E-state index in [1.54, 1.807) is 6.07 Å². The van der Waals surface area contributed by atoms with Gasteiger partial charge in [0.05, 0.1) is 11.7 Å². The molecule has 0 saturated carbocycles. The Kier molecular flexibility index (Phi) is 7.04. The predicted octanol–water partition coefficient (Wildman–Crippen LogP) is 2.45. The summed E-state index contributed by atoms with van der Waals surface area (Å²) in [5.41, 5.74) is -2.03. The maximum absolute atomic E-state index is 13.5. The fourth-order valence-corrected chi connectivity index (χ4v) is 4.67. The molecule has 0 unspecified atom stereocenters. The van der Waals surface area contributed by atoms with Crippen LogP contribution >= 0.6 is 0 Å². The molecule has 0 aliphatic carbocycles. The number of hydrogen-bond acceptors (Lipinski definition) is 6. The van der Waals surface area contributed by atoms with Crippen LogP contribution < -0.4 is 9.64 Å². The van der Waals surface area contributed by atoms with E-state index in [2.05, 4.69) is 0 Å². The Morgan fingerprint density at radius 2 is 1.65 bits per heavy atom. The summed E-state index contributed by atoms with van der Waals surface area (Å²) in [4.78, 5) is 3.82. The van der Waals surface area contributed by atoms with E-state index in [0.717, 1.165) is 5.69 Å². The maximum Gasteiger partial charge on any atom is 0.194 e. The van der Waals surface area contributed by atoms with Crippen molar-refractivity contribution in [1.82, 2.24) is 4.90 Å². The second-order valence-electron chi connectivity index (χ2n) is 9.30. The minimum absolute atomic E-state index is 0.0315. The Morgan fingerprint density at radius 3 is 2.29 bits per heavy atom. The zero-order valence-corrected chi connectivity index (χ0v) is 18.6. The Morgan fingerprint density at radius 1 is 0.971 bits per heavy atom. The Labute approximate surface area is 195 Å². The summed E-state index contributed by atoms with van der Waals surface area (Å²) in [6, 6.07) is 7.63. The molecule has 0 aromatic heterocycles. The van der Waals surface area contributed by atoms with Crippen molar-refractivity contribution in [1.29, 1.82) is 0 Å². The monoisotopic (exact) mass is 484 g/mol. The number of aliphatic hydroxyl groups is 3. The van der Waals surface area contributed by atoms with Crippen LogP contribution in [-0.4, -0.2) is 76.9 Å². The zero-order chi connectivity index (χ0) is 24.5. The van der Waals surface area contributed by atoms with Crippen molar-refractivity contribution in [3.05, 3.63) is 59.7 Å². The summed E-state index contributed by atoms with van der Waals surface area (Å²) in [5, 5.41) is 32.5. The lowest BCUT2D eigenvalue weighted by atomic mass is 9.86. The largest absolute Gasteiger partial charge is 0.490 e. The quantitative estimate of drug-likeness (QED) is 0.432. The second-order valence-corrected chi connectivity index (χ2v) is 9.30. The summed E-state index contributed by atoms with van der Waals surface area (Å²) < 4.78 is 58.8. The third-order valence-electron chi connectivity index (χ3n) is 6.67. The van der Waals surface area contributed by atoms with Crippen LogP contribution in [0.15, 0.2) is 36.4 Å². The molecule has 3 N–H and O–H groups in total. The lowest BCUT2D eigenvalue weighted by Gasteiger charge is -2.46. The molecule has 0 bridgehead atoms. The number of nitrogens with zero attached hydrogens (tertiary/aromatic N) is 2. The molecule has 2 atom stereocenters. The van der Waals surface area contributed by atoms with Gasteiger partial charge in [-0.15, -0.1) is 0 Å². The zero-order valence-electron chi connectivity index (χ0n) is 18.6. The summed E-state index contributed by atoms with van der Waals surface area (Å²) >= 11 is 0. The third-order valence-corrected chi connectivity index (χ3v) is 6.67. The van der Waals surface area contributed by atoms with Crippen LogP contribution in [-0.2, 0) is 0 Å². The first-order chi connectivity index (χ1) is 16.1. The highest BCUT2D eigenvalue weighted by Gasteiger charge is 2.44. The highest BCUT2D eigenvalue weighted by atomic mass is 19.2. The number of rotatable bonds is 6. The van der Waals surface area contributed by atoms with E-state index in [9.17, 15) is 32.9 Å². The fraction of sp³-hybridized carbons (Fsp3) is 0.500. The minimum atomic E-state index is -1.75. The van der Waals surface area contributed by atoms with Gasteiger partial charge < -0.3 is 25.0 Å². The number of aliphatic hydroxyl groups excluding tert-OH is 1. The van der Waals surface area contributed by atoms with E-state index in [1.165, 1.54) is 12.1 Å². The molecule has 2 heterocycles. The molecule has 10 heteroatoms. The maximum atomic E-state index is 13.5. The van der Waals surface area contributed by atoms with Crippen molar-refractivity contribution in [3.8, 4) is 5.75 Å². The van der Waals surface area contributed by atoms with E-state index >= 15 is 0 Å². The molecule has 0 radical (unpaired) electrons. The first kappa shape index (κ1) is 24.7. The number of benzene rings is 2. The van der Waals surface area contributed by atoms with Crippen molar-refractivity contribution >= 4 is 5.69 Å². The standard InChI is InChI=1S/C24H28F4N2O4/c25-16-2-1-3-17(10-16)30-8-5-23(32,6-9-30)13-29-7-4-21(31)24(33,14-29)15-34-18-11-19(26)22(28)20(27)12-18/h1-3,10-12,21,31-33H,4-9,13-15H2/t21-,24-/m0/s1. The van der Waals surface area contributed by atoms with Crippen LogP contribution in [0.1, 0.15) is 19.3 Å². The van der Waals surface area contributed by atoms with Gasteiger partial charge >= 0.3 is 0 Å².